The predicted molar refractivity (Wildman–Crippen MR) is 66.4 cm³/mol. The minimum Gasteiger partial charge on any atom is -0.376 e. The minimum atomic E-state index is -4.39. The van der Waals surface area contributed by atoms with Gasteiger partial charge in [0.1, 0.15) is 6.54 Å². The Kier molecular flexibility index (Phi) is 5.01. The first-order valence-corrected chi connectivity index (χ1v) is 5.91. The third-order valence-corrected chi connectivity index (χ3v) is 2.61. The average Bonchev–Trinajstić information content (AvgIpc) is 2.24. The number of anilines is 1. The van der Waals surface area contributed by atoms with Crippen LogP contribution in [0.15, 0.2) is 22.7 Å². The molecule has 0 aromatic heterocycles. The summed E-state index contributed by atoms with van der Waals surface area (Å²) < 4.78 is 36.4. The lowest BCUT2D eigenvalue weighted by molar-refractivity contribution is -0.137. The van der Waals surface area contributed by atoms with Crippen molar-refractivity contribution in [2.24, 2.45) is 0 Å². The van der Waals surface area contributed by atoms with Crippen molar-refractivity contribution in [2.75, 3.05) is 18.4 Å². The van der Waals surface area contributed by atoms with Gasteiger partial charge in [-0.2, -0.15) is 13.2 Å². The van der Waals surface area contributed by atoms with E-state index in [0.717, 1.165) is 10.0 Å². The summed E-state index contributed by atoms with van der Waals surface area (Å²) in [5.41, 5.74) is 1.60. The number of carbonyl (C=O) groups excluding carboxylic acids is 1. The van der Waals surface area contributed by atoms with Gasteiger partial charge in [-0.15, -0.1) is 0 Å². The van der Waals surface area contributed by atoms with Gasteiger partial charge < -0.3 is 10.6 Å². The van der Waals surface area contributed by atoms with Gasteiger partial charge in [-0.3, -0.25) is 4.79 Å². The number of carbonyl (C=O) groups is 1. The molecule has 1 amide bonds. The monoisotopic (exact) mass is 324 g/mol. The maximum atomic E-state index is 11.8. The van der Waals surface area contributed by atoms with E-state index in [9.17, 15) is 18.0 Å². The maximum absolute atomic E-state index is 11.8. The van der Waals surface area contributed by atoms with E-state index in [2.05, 4.69) is 21.2 Å². The van der Waals surface area contributed by atoms with Crippen molar-refractivity contribution in [1.29, 1.82) is 0 Å². The Balaban J connectivity index is 2.43. The zero-order valence-electron chi connectivity index (χ0n) is 9.57. The highest BCUT2D eigenvalue weighted by molar-refractivity contribution is 9.10. The summed E-state index contributed by atoms with van der Waals surface area (Å²) >= 11 is 3.29. The van der Waals surface area contributed by atoms with E-state index in [1.807, 2.05) is 13.0 Å². The molecule has 0 bridgehead atoms. The fourth-order valence-electron chi connectivity index (χ4n) is 1.26. The molecule has 1 aromatic rings. The van der Waals surface area contributed by atoms with Gasteiger partial charge >= 0.3 is 6.18 Å². The zero-order chi connectivity index (χ0) is 13.8. The Hall–Kier alpha value is -1.24. The number of alkyl halides is 3. The standard InChI is InChI=1S/C11H12BrF3N2O/c1-7-4-8(12)2-3-9(7)16-5-10(18)17-6-11(13,14)15/h2-4,16H,5-6H2,1H3,(H,17,18). The molecule has 0 fully saturated rings. The van der Waals surface area contributed by atoms with E-state index in [4.69, 9.17) is 0 Å². The predicted octanol–water partition coefficient (Wildman–Crippen LogP) is 2.85. The van der Waals surface area contributed by atoms with Crippen molar-refractivity contribution < 1.29 is 18.0 Å². The van der Waals surface area contributed by atoms with Crippen LogP contribution in [0.2, 0.25) is 0 Å². The summed E-state index contributed by atoms with van der Waals surface area (Å²) in [6.45, 7) is 0.325. The highest BCUT2D eigenvalue weighted by Gasteiger charge is 2.27. The molecule has 7 heteroatoms. The number of nitrogens with one attached hydrogen (secondary N) is 2. The van der Waals surface area contributed by atoms with Crippen molar-refractivity contribution in [3.63, 3.8) is 0 Å². The maximum Gasteiger partial charge on any atom is 0.405 e. The van der Waals surface area contributed by atoms with Gasteiger partial charge in [-0.25, -0.2) is 0 Å². The summed E-state index contributed by atoms with van der Waals surface area (Å²) in [7, 11) is 0. The number of hydrogen-bond acceptors (Lipinski definition) is 2. The second-order valence-corrected chi connectivity index (χ2v) is 4.62. The molecule has 0 saturated heterocycles. The molecule has 0 radical (unpaired) electrons. The van der Waals surface area contributed by atoms with Crippen molar-refractivity contribution in [2.45, 2.75) is 13.1 Å². The van der Waals surface area contributed by atoms with Crippen LogP contribution in [0.25, 0.3) is 0 Å². The summed E-state index contributed by atoms with van der Waals surface area (Å²) in [5.74, 6) is -0.699. The third kappa shape index (κ3) is 5.39. The van der Waals surface area contributed by atoms with Crippen LogP contribution in [0.3, 0.4) is 0 Å². The molecule has 100 valence electrons. The normalized spacial score (nSPS) is 11.2. The van der Waals surface area contributed by atoms with Crippen molar-refractivity contribution in [3.05, 3.63) is 28.2 Å². The summed E-state index contributed by atoms with van der Waals surface area (Å²) in [4.78, 5) is 11.2. The smallest absolute Gasteiger partial charge is 0.376 e. The van der Waals surface area contributed by atoms with Crippen LogP contribution >= 0.6 is 15.9 Å². The third-order valence-electron chi connectivity index (χ3n) is 2.11. The number of hydrogen-bond donors (Lipinski definition) is 2. The average molecular weight is 325 g/mol. The first-order chi connectivity index (χ1) is 8.28. The van der Waals surface area contributed by atoms with Crippen LogP contribution in [0.4, 0.5) is 18.9 Å². The zero-order valence-corrected chi connectivity index (χ0v) is 11.2. The fraction of sp³-hybridized carbons (Fsp3) is 0.364. The number of rotatable bonds is 4. The van der Waals surface area contributed by atoms with Crippen LogP contribution in [0.1, 0.15) is 5.56 Å². The molecule has 0 aliphatic heterocycles. The van der Waals surface area contributed by atoms with Gasteiger partial charge in [0, 0.05) is 10.2 Å². The highest BCUT2D eigenvalue weighted by Crippen LogP contribution is 2.19. The van der Waals surface area contributed by atoms with Crippen LogP contribution in [0.5, 0.6) is 0 Å². The largest absolute Gasteiger partial charge is 0.405 e. The number of aryl methyl sites for hydroxylation is 1. The molecule has 0 saturated carbocycles. The van der Waals surface area contributed by atoms with Crippen LogP contribution in [-0.2, 0) is 4.79 Å². The van der Waals surface area contributed by atoms with Crippen LogP contribution in [0, 0.1) is 6.92 Å². The number of benzene rings is 1. The Labute approximate surface area is 111 Å². The second-order valence-electron chi connectivity index (χ2n) is 3.70. The SMILES string of the molecule is Cc1cc(Br)ccc1NCC(=O)NCC(F)(F)F. The van der Waals surface area contributed by atoms with Gasteiger partial charge in [-0.1, -0.05) is 15.9 Å². The second kappa shape index (κ2) is 6.08. The fourth-order valence-corrected chi connectivity index (χ4v) is 1.74. The summed E-state index contributed by atoms with van der Waals surface area (Å²) in [6, 6.07) is 5.37. The molecule has 0 aliphatic rings. The van der Waals surface area contributed by atoms with Crippen molar-refractivity contribution in [1.82, 2.24) is 5.32 Å². The van der Waals surface area contributed by atoms with Gasteiger partial charge in [-0.05, 0) is 30.7 Å². The van der Waals surface area contributed by atoms with Gasteiger partial charge in [0.2, 0.25) is 5.91 Å². The first-order valence-electron chi connectivity index (χ1n) is 5.11. The lowest BCUT2D eigenvalue weighted by Gasteiger charge is -2.11. The highest BCUT2D eigenvalue weighted by atomic mass is 79.9. The molecule has 1 rings (SSSR count). The molecule has 0 aliphatic carbocycles. The van der Waals surface area contributed by atoms with E-state index in [1.165, 1.54) is 0 Å². The molecule has 0 atom stereocenters. The molecule has 1 aromatic carbocycles. The topological polar surface area (TPSA) is 41.1 Å². The van der Waals surface area contributed by atoms with Crippen molar-refractivity contribution >= 4 is 27.5 Å². The quantitative estimate of drug-likeness (QED) is 0.894. The van der Waals surface area contributed by atoms with Crippen LogP contribution < -0.4 is 10.6 Å². The molecule has 0 unspecified atom stereocenters. The first kappa shape index (κ1) is 14.8. The Bertz CT molecular complexity index is 435. The van der Waals surface area contributed by atoms with E-state index < -0.39 is 18.6 Å². The van der Waals surface area contributed by atoms with E-state index in [-0.39, 0.29) is 6.54 Å². The summed E-state index contributed by atoms with van der Waals surface area (Å²) in [6.07, 6.45) is -4.39. The van der Waals surface area contributed by atoms with Gasteiger partial charge in [0.05, 0.1) is 6.54 Å². The Morgan fingerprint density at radius 2 is 2.06 bits per heavy atom. The molecular weight excluding hydrogens is 313 g/mol. The van der Waals surface area contributed by atoms with Crippen LogP contribution in [-0.4, -0.2) is 25.2 Å². The van der Waals surface area contributed by atoms with Crippen molar-refractivity contribution in [3.8, 4) is 0 Å². The van der Waals surface area contributed by atoms with E-state index in [0.29, 0.717) is 5.69 Å². The van der Waals surface area contributed by atoms with Gasteiger partial charge in [0.15, 0.2) is 0 Å². The lowest BCUT2D eigenvalue weighted by atomic mass is 10.2. The lowest BCUT2D eigenvalue weighted by Crippen LogP contribution is -2.37. The molecular formula is C11H12BrF3N2O. The molecule has 2 N–H and O–H groups in total. The minimum absolute atomic E-state index is 0.196. The Morgan fingerprint density at radius 3 is 2.61 bits per heavy atom. The molecule has 0 spiro atoms. The molecule has 3 nitrogen and oxygen atoms in total. The summed E-state index contributed by atoms with van der Waals surface area (Å²) in [5, 5.41) is 4.56. The number of amides is 1. The number of halogens is 4. The molecule has 18 heavy (non-hydrogen) atoms. The van der Waals surface area contributed by atoms with Gasteiger partial charge in [0.25, 0.3) is 0 Å². The van der Waals surface area contributed by atoms with E-state index in [1.54, 1.807) is 17.4 Å². The molecule has 0 heterocycles. The Morgan fingerprint density at radius 1 is 1.39 bits per heavy atom. The van der Waals surface area contributed by atoms with E-state index >= 15 is 0 Å².